The summed E-state index contributed by atoms with van der Waals surface area (Å²) < 4.78 is 8.20. The summed E-state index contributed by atoms with van der Waals surface area (Å²) in [6.07, 6.45) is 0. The van der Waals surface area contributed by atoms with Crippen LogP contribution in [0.3, 0.4) is 0 Å². The summed E-state index contributed by atoms with van der Waals surface area (Å²) in [6, 6.07) is 23.2. The zero-order valence-electron chi connectivity index (χ0n) is 17.1. The van der Waals surface area contributed by atoms with Gasteiger partial charge in [-0.25, -0.2) is 0 Å². The molecule has 0 bridgehead atoms. The van der Waals surface area contributed by atoms with Crippen molar-refractivity contribution in [3.05, 3.63) is 88.4 Å². The predicted molar refractivity (Wildman–Crippen MR) is 127 cm³/mol. The van der Waals surface area contributed by atoms with Gasteiger partial charge in [-0.1, -0.05) is 57.5 Å². The molecule has 0 aliphatic carbocycles. The highest BCUT2D eigenvalue weighted by Crippen LogP contribution is 2.29. The summed E-state index contributed by atoms with van der Waals surface area (Å²) in [5.41, 5.74) is 3.70. The summed E-state index contributed by atoms with van der Waals surface area (Å²) in [4.78, 5) is 12.7. The zero-order valence-corrected chi connectivity index (χ0v) is 19.5. The topological polar surface area (TPSA) is 57.0 Å². The number of Topliss-reactive ketones (excluding diaryl/α,β-unsaturated/α-hetero) is 1. The normalized spacial score (nSPS) is 10.8. The number of hydrogen-bond donors (Lipinski definition) is 0. The highest BCUT2D eigenvalue weighted by atomic mass is 79.9. The summed E-state index contributed by atoms with van der Waals surface area (Å²) in [5.74, 6) is 1.81. The number of ether oxygens (including phenoxy) is 1. The van der Waals surface area contributed by atoms with E-state index in [4.69, 9.17) is 4.74 Å². The molecule has 4 rings (SSSR count). The van der Waals surface area contributed by atoms with E-state index < -0.39 is 0 Å². The van der Waals surface area contributed by atoms with Crippen LogP contribution in [-0.4, -0.2) is 33.4 Å². The van der Waals surface area contributed by atoms with Gasteiger partial charge >= 0.3 is 0 Å². The van der Waals surface area contributed by atoms with Crippen LogP contribution < -0.4 is 4.74 Å². The molecule has 0 atom stereocenters. The van der Waals surface area contributed by atoms with Gasteiger partial charge in [-0.3, -0.25) is 9.36 Å². The lowest BCUT2D eigenvalue weighted by Crippen LogP contribution is -2.05. The van der Waals surface area contributed by atoms with Gasteiger partial charge < -0.3 is 4.74 Å². The number of benzene rings is 3. The van der Waals surface area contributed by atoms with E-state index in [1.807, 2.05) is 72.2 Å². The number of nitrogens with zero attached hydrogens (tertiary/aromatic N) is 3. The SMILES string of the molecule is COc1ccc(-c2nnc(SCC(=O)c3ccc(Br)cc3)n2-c2ccc(C)cc2)cc1. The van der Waals surface area contributed by atoms with Gasteiger partial charge in [0.15, 0.2) is 16.8 Å². The van der Waals surface area contributed by atoms with Crippen molar-refractivity contribution in [3.8, 4) is 22.8 Å². The second kappa shape index (κ2) is 9.49. The standard InChI is InChI=1S/C24H20BrN3O2S/c1-16-3-11-20(12-4-16)28-23(18-7-13-21(30-2)14-8-18)26-27-24(28)31-15-22(29)17-5-9-19(25)10-6-17/h3-14H,15H2,1-2H3. The van der Waals surface area contributed by atoms with Gasteiger partial charge in [-0.15, -0.1) is 10.2 Å². The van der Waals surface area contributed by atoms with E-state index in [1.54, 1.807) is 7.11 Å². The van der Waals surface area contributed by atoms with Crippen molar-refractivity contribution in [1.82, 2.24) is 14.8 Å². The van der Waals surface area contributed by atoms with Crippen molar-refractivity contribution in [2.45, 2.75) is 12.1 Å². The van der Waals surface area contributed by atoms with Crippen molar-refractivity contribution in [1.29, 1.82) is 0 Å². The van der Waals surface area contributed by atoms with Crippen LogP contribution in [0.15, 0.2) is 82.4 Å². The lowest BCUT2D eigenvalue weighted by Gasteiger charge is -2.11. The molecule has 7 heteroatoms. The maximum Gasteiger partial charge on any atom is 0.196 e. The Morgan fingerprint density at radius 2 is 1.65 bits per heavy atom. The first-order chi connectivity index (χ1) is 15.0. The molecule has 0 saturated carbocycles. The van der Waals surface area contributed by atoms with Crippen LogP contribution in [0.1, 0.15) is 15.9 Å². The number of methoxy groups -OCH3 is 1. The number of ketones is 1. The highest BCUT2D eigenvalue weighted by molar-refractivity contribution is 9.10. The number of rotatable bonds is 7. The first-order valence-electron chi connectivity index (χ1n) is 9.63. The molecule has 0 saturated heterocycles. The second-order valence-corrected chi connectivity index (χ2v) is 8.78. The maximum atomic E-state index is 12.7. The average molecular weight is 494 g/mol. The van der Waals surface area contributed by atoms with E-state index in [-0.39, 0.29) is 11.5 Å². The molecule has 0 radical (unpaired) electrons. The number of carbonyl (C=O) groups excluding carboxylic acids is 1. The van der Waals surface area contributed by atoms with E-state index in [1.165, 1.54) is 17.3 Å². The molecule has 31 heavy (non-hydrogen) atoms. The van der Waals surface area contributed by atoms with E-state index in [9.17, 15) is 4.79 Å². The third-order valence-electron chi connectivity index (χ3n) is 4.77. The average Bonchev–Trinajstić information content (AvgIpc) is 3.22. The second-order valence-electron chi connectivity index (χ2n) is 6.92. The first kappa shape index (κ1) is 21.3. The van der Waals surface area contributed by atoms with Crippen molar-refractivity contribution in [2.75, 3.05) is 12.9 Å². The van der Waals surface area contributed by atoms with Gasteiger partial charge in [0.25, 0.3) is 0 Å². The third kappa shape index (κ3) is 4.89. The molecule has 5 nitrogen and oxygen atoms in total. The van der Waals surface area contributed by atoms with Crippen LogP contribution in [0.4, 0.5) is 0 Å². The Balaban J connectivity index is 1.66. The minimum Gasteiger partial charge on any atom is -0.497 e. The van der Waals surface area contributed by atoms with E-state index in [2.05, 4.69) is 38.3 Å². The molecule has 0 fully saturated rings. The minimum atomic E-state index is 0.0435. The van der Waals surface area contributed by atoms with Gasteiger partial charge in [0.1, 0.15) is 5.75 Å². The summed E-state index contributed by atoms with van der Waals surface area (Å²) >= 11 is 4.78. The monoisotopic (exact) mass is 493 g/mol. The summed E-state index contributed by atoms with van der Waals surface area (Å²) in [7, 11) is 1.64. The lowest BCUT2D eigenvalue weighted by atomic mass is 10.2. The van der Waals surface area contributed by atoms with E-state index in [0.29, 0.717) is 16.5 Å². The first-order valence-corrected chi connectivity index (χ1v) is 11.4. The van der Waals surface area contributed by atoms with Crippen molar-refractivity contribution >= 4 is 33.5 Å². The van der Waals surface area contributed by atoms with Crippen molar-refractivity contribution < 1.29 is 9.53 Å². The largest absolute Gasteiger partial charge is 0.497 e. The fourth-order valence-electron chi connectivity index (χ4n) is 3.07. The molecule has 0 N–H and O–H groups in total. The molecular weight excluding hydrogens is 474 g/mol. The smallest absolute Gasteiger partial charge is 0.196 e. The number of halogens is 1. The fourth-order valence-corrected chi connectivity index (χ4v) is 4.18. The molecule has 0 unspecified atom stereocenters. The van der Waals surface area contributed by atoms with Crippen LogP contribution in [-0.2, 0) is 0 Å². The van der Waals surface area contributed by atoms with Gasteiger partial charge in [0.2, 0.25) is 0 Å². The lowest BCUT2D eigenvalue weighted by molar-refractivity contribution is 0.102. The minimum absolute atomic E-state index is 0.0435. The van der Waals surface area contributed by atoms with Gasteiger partial charge in [-0.2, -0.15) is 0 Å². The van der Waals surface area contributed by atoms with Crippen LogP contribution >= 0.6 is 27.7 Å². The third-order valence-corrected chi connectivity index (χ3v) is 6.23. The summed E-state index contributed by atoms with van der Waals surface area (Å²) in [5, 5.41) is 9.50. The molecule has 3 aromatic carbocycles. The molecule has 4 aromatic rings. The van der Waals surface area contributed by atoms with Gasteiger partial charge in [-0.05, 0) is 55.5 Å². The maximum absolute atomic E-state index is 12.7. The Hall–Kier alpha value is -2.90. The summed E-state index contributed by atoms with van der Waals surface area (Å²) in [6.45, 7) is 2.05. The molecule has 0 amide bonds. The molecule has 1 aromatic heterocycles. The van der Waals surface area contributed by atoms with Crippen molar-refractivity contribution in [2.24, 2.45) is 0 Å². The molecule has 0 aliphatic rings. The van der Waals surface area contributed by atoms with E-state index in [0.717, 1.165) is 21.5 Å². The van der Waals surface area contributed by atoms with Gasteiger partial charge in [0, 0.05) is 21.3 Å². The molecular formula is C24H20BrN3O2S. The van der Waals surface area contributed by atoms with Gasteiger partial charge in [0.05, 0.1) is 12.9 Å². The number of aryl methyl sites for hydroxylation is 1. The quantitative estimate of drug-likeness (QED) is 0.233. The van der Waals surface area contributed by atoms with Crippen LogP contribution in [0, 0.1) is 6.92 Å². The number of thioether (sulfide) groups is 1. The number of aromatic nitrogens is 3. The Bertz CT molecular complexity index is 1190. The van der Waals surface area contributed by atoms with Crippen molar-refractivity contribution in [3.63, 3.8) is 0 Å². The van der Waals surface area contributed by atoms with Crippen LogP contribution in [0.2, 0.25) is 0 Å². The number of carbonyl (C=O) groups is 1. The van der Waals surface area contributed by atoms with Crippen LogP contribution in [0.25, 0.3) is 17.1 Å². The Labute approximate surface area is 193 Å². The molecule has 0 spiro atoms. The molecule has 0 aliphatic heterocycles. The van der Waals surface area contributed by atoms with E-state index >= 15 is 0 Å². The molecule has 1 heterocycles. The Morgan fingerprint density at radius 3 is 2.29 bits per heavy atom. The zero-order chi connectivity index (χ0) is 21.8. The Morgan fingerprint density at radius 1 is 0.968 bits per heavy atom. The molecule has 156 valence electrons. The van der Waals surface area contributed by atoms with Crippen LogP contribution in [0.5, 0.6) is 5.75 Å². The fraction of sp³-hybridized carbons (Fsp3) is 0.125. The predicted octanol–water partition coefficient (Wildman–Crippen LogP) is 5.99. The highest BCUT2D eigenvalue weighted by Gasteiger charge is 2.18. The Kier molecular flexibility index (Phi) is 6.53. The number of hydrogen-bond acceptors (Lipinski definition) is 5.